The fourth-order valence-corrected chi connectivity index (χ4v) is 2.78. The predicted octanol–water partition coefficient (Wildman–Crippen LogP) is 2.67. The van der Waals surface area contributed by atoms with Crippen LogP contribution in [-0.4, -0.2) is 27.1 Å². The second-order valence-corrected chi connectivity index (χ2v) is 5.54. The van der Waals surface area contributed by atoms with Crippen LogP contribution in [0.4, 0.5) is 0 Å². The minimum Gasteiger partial charge on any atom is -0.462 e. The number of ether oxygens (including phenoxy) is 1. The Morgan fingerprint density at radius 3 is 2.95 bits per heavy atom. The van der Waals surface area contributed by atoms with E-state index < -0.39 is 11.4 Å². The highest BCUT2D eigenvalue weighted by atomic mass is 35.5. The van der Waals surface area contributed by atoms with Crippen molar-refractivity contribution < 1.29 is 9.53 Å². The summed E-state index contributed by atoms with van der Waals surface area (Å²) < 4.78 is 6.51. The summed E-state index contributed by atoms with van der Waals surface area (Å²) in [7, 11) is 0. The second kappa shape index (κ2) is 5.86. The molecule has 0 atom stereocenters. The van der Waals surface area contributed by atoms with Gasteiger partial charge in [0.2, 0.25) is 5.43 Å². The number of fused-ring (bicyclic) bond motifs is 1. The van der Waals surface area contributed by atoms with Gasteiger partial charge in [-0.25, -0.2) is 14.8 Å². The summed E-state index contributed by atoms with van der Waals surface area (Å²) in [6.07, 6.45) is 3.02. The quantitative estimate of drug-likeness (QED) is 0.543. The van der Waals surface area contributed by atoms with Crippen LogP contribution in [0, 0.1) is 0 Å². The fourth-order valence-electron chi connectivity index (χ4n) is 2.02. The Balaban J connectivity index is 2.36. The maximum absolute atomic E-state index is 12.5. The van der Waals surface area contributed by atoms with Crippen LogP contribution in [0.1, 0.15) is 17.3 Å². The Bertz CT molecular complexity index is 906. The molecular weight excluding hydrogens is 326 g/mol. The number of carbonyl (C=O) groups excluding carboxylic acids is 1. The summed E-state index contributed by atoms with van der Waals surface area (Å²) in [6.45, 7) is 1.87. The molecule has 3 heterocycles. The first-order valence-corrected chi connectivity index (χ1v) is 7.66. The number of halogens is 1. The second-order valence-electron chi connectivity index (χ2n) is 4.28. The minimum atomic E-state index is -0.672. The molecule has 3 aromatic heterocycles. The average molecular weight is 336 g/mol. The van der Waals surface area contributed by atoms with Crippen molar-refractivity contribution in [3.8, 4) is 5.13 Å². The normalized spacial score (nSPS) is 10.8. The lowest BCUT2D eigenvalue weighted by Crippen LogP contribution is -2.21. The monoisotopic (exact) mass is 335 g/mol. The van der Waals surface area contributed by atoms with Crippen LogP contribution in [0.3, 0.4) is 0 Å². The molecular formula is C14H10ClN3O3S. The number of thiazole rings is 1. The lowest BCUT2D eigenvalue weighted by Gasteiger charge is -2.10. The highest BCUT2D eigenvalue weighted by Crippen LogP contribution is 2.20. The molecule has 0 aliphatic carbocycles. The first-order valence-electron chi connectivity index (χ1n) is 6.40. The van der Waals surface area contributed by atoms with E-state index in [1.165, 1.54) is 23.6 Å². The number of esters is 1. The highest BCUT2D eigenvalue weighted by molar-refractivity contribution is 7.12. The Morgan fingerprint density at radius 1 is 1.45 bits per heavy atom. The van der Waals surface area contributed by atoms with Crippen LogP contribution < -0.4 is 5.43 Å². The fraction of sp³-hybridized carbons (Fsp3) is 0.143. The molecule has 0 fully saturated rings. The topological polar surface area (TPSA) is 74.1 Å². The maximum Gasteiger partial charge on any atom is 0.343 e. The SMILES string of the molecule is CCOC(=O)c1cn(-c2nccs2)c2nc(Cl)ccc2c1=O. The third kappa shape index (κ3) is 2.49. The third-order valence-corrected chi connectivity index (χ3v) is 3.92. The van der Waals surface area contributed by atoms with Crippen molar-refractivity contribution in [3.05, 3.63) is 50.8 Å². The van der Waals surface area contributed by atoms with Crippen LogP contribution in [0.5, 0.6) is 0 Å². The van der Waals surface area contributed by atoms with E-state index in [2.05, 4.69) is 9.97 Å². The van der Waals surface area contributed by atoms with Crippen LogP contribution in [0.15, 0.2) is 34.7 Å². The summed E-state index contributed by atoms with van der Waals surface area (Å²) in [5, 5.41) is 2.89. The summed E-state index contributed by atoms with van der Waals surface area (Å²) >= 11 is 7.27. The van der Waals surface area contributed by atoms with Gasteiger partial charge in [0.25, 0.3) is 0 Å². The van der Waals surface area contributed by atoms with Gasteiger partial charge in [-0.15, -0.1) is 11.3 Å². The molecule has 0 radical (unpaired) electrons. The molecule has 22 heavy (non-hydrogen) atoms. The van der Waals surface area contributed by atoms with E-state index in [1.54, 1.807) is 29.1 Å². The van der Waals surface area contributed by atoms with Gasteiger partial charge >= 0.3 is 5.97 Å². The Kier molecular flexibility index (Phi) is 3.91. The molecule has 8 heteroatoms. The van der Waals surface area contributed by atoms with E-state index in [-0.39, 0.29) is 22.7 Å². The molecule has 3 rings (SSSR count). The van der Waals surface area contributed by atoms with E-state index in [9.17, 15) is 9.59 Å². The van der Waals surface area contributed by atoms with Crippen molar-refractivity contribution in [1.82, 2.24) is 14.5 Å². The molecule has 0 amide bonds. The molecule has 112 valence electrons. The van der Waals surface area contributed by atoms with Crippen LogP contribution in [0.25, 0.3) is 16.2 Å². The van der Waals surface area contributed by atoms with Crippen LogP contribution in [-0.2, 0) is 4.74 Å². The largest absolute Gasteiger partial charge is 0.462 e. The van der Waals surface area contributed by atoms with Crippen molar-refractivity contribution in [2.75, 3.05) is 6.61 Å². The standard InChI is InChI=1S/C14H10ClN3O3S/c1-2-21-13(20)9-7-18(14-16-5-6-22-14)12-8(11(9)19)3-4-10(15)17-12/h3-7H,2H2,1H3. The van der Waals surface area contributed by atoms with E-state index in [0.29, 0.717) is 10.8 Å². The average Bonchev–Trinajstić information content (AvgIpc) is 3.01. The zero-order valence-electron chi connectivity index (χ0n) is 11.4. The number of nitrogens with zero attached hydrogens (tertiary/aromatic N) is 3. The van der Waals surface area contributed by atoms with Crippen LogP contribution in [0.2, 0.25) is 5.15 Å². The van der Waals surface area contributed by atoms with E-state index >= 15 is 0 Å². The molecule has 0 saturated heterocycles. The number of pyridine rings is 2. The lowest BCUT2D eigenvalue weighted by molar-refractivity contribution is 0.0524. The molecule has 0 unspecified atom stereocenters. The van der Waals surface area contributed by atoms with Gasteiger partial charge in [-0.05, 0) is 19.1 Å². The zero-order chi connectivity index (χ0) is 15.7. The van der Waals surface area contributed by atoms with Gasteiger partial charge in [0.05, 0.1) is 12.0 Å². The first-order chi connectivity index (χ1) is 10.6. The molecule has 0 bridgehead atoms. The van der Waals surface area contributed by atoms with Crippen molar-refractivity contribution in [3.63, 3.8) is 0 Å². The molecule has 0 N–H and O–H groups in total. The Hall–Kier alpha value is -2.25. The van der Waals surface area contributed by atoms with E-state index in [1.807, 2.05) is 0 Å². The summed E-state index contributed by atoms with van der Waals surface area (Å²) in [5.74, 6) is -0.672. The Labute approximate surface area is 134 Å². The van der Waals surface area contributed by atoms with Gasteiger partial charge < -0.3 is 4.74 Å². The maximum atomic E-state index is 12.5. The van der Waals surface area contributed by atoms with Crippen molar-refractivity contribution in [2.24, 2.45) is 0 Å². The van der Waals surface area contributed by atoms with E-state index in [4.69, 9.17) is 16.3 Å². The predicted molar refractivity (Wildman–Crippen MR) is 84.0 cm³/mol. The summed E-state index contributed by atoms with van der Waals surface area (Å²) in [6, 6.07) is 3.05. The molecule has 0 aromatic carbocycles. The number of hydrogen-bond donors (Lipinski definition) is 0. The number of hydrogen-bond acceptors (Lipinski definition) is 6. The number of rotatable bonds is 3. The van der Waals surface area contributed by atoms with Gasteiger partial charge in [0, 0.05) is 17.8 Å². The van der Waals surface area contributed by atoms with Crippen molar-refractivity contribution in [1.29, 1.82) is 0 Å². The zero-order valence-corrected chi connectivity index (χ0v) is 13.0. The van der Waals surface area contributed by atoms with Gasteiger partial charge in [-0.1, -0.05) is 11.6 Å². The summed E-state index contributed by atoms with van der Waals surface area (Å²) in [5.41, 5.74) is -0.153. The van der Waals surface area contributed by atoms with Crippen molar-refractivity contribution in [2.45, 2.75) is 6.92 Å². The molecule has 3 aromatic rings. The third-order valence-electron chi connectivity index (χ3n) is 2.94. The number of aromatic nitrogens is 3. The van der Waals surface area contributed by atoms with Gasteiger partial charge in [-0.2, -0.15) is 0 Å². The Morgan fingerprint density at radius 2 is 2.27 bits per heavy atom. The summed E-state index contributed by atoms with van der Waals surface area (Å²) in [4.78, 5) is 32.8. The number of carbonyl (C=O) groups is 1. The highest BCUT2D eigenvalue weighted by Gasteiger charge is 2.18. The lowest BCUT2D eigenvalue weighted by atomic mass is 10.2. The van der Waals surface area contributed by atoms with Crippen molar-refractivity contribution >= 4 is 39.9 Å². The van der Waals surface area contributed by atoms with Gasteiger partial charge in [-0.3, -0.25) is 9.36 Å². The van der Waals surface area contributed by atoms with Crippen LogP contribution >= 0.6 is 22.9 Å². The minimum absolute atomic E-state index is 0.0614. The smallest absolute Gasteiger partial charge is 0.343 e. The molecule has 6 nitrogen and oxygen atoms in total. The van der Waals surface area contributed by atoms with E-state index in [0.717, 1.165) is 0 Å². The first kappa shape index (κ1) is 14.7. The molecule has 0 aliphatic rings. The van der Waals surface area contributed by atoms with Gasteiger partial charge in [0.15, 0.2) is 10.8 Å². The molecule has 0 spiro atoms. The van der Waals surface area contributed by atoms with Gasteiger partial charge in [0.1, 0.15) is 10.7 Å². The molecule has 0 saturated carbocycles. The molecule has 0 aliphatic heterocycles.